The molecule has 96 valence electrons. The van der Waals surface area contributed by atoms with Gasteiger partial charge in [-0.3, -0.25) is 4.98 Å². The van der Waals surface area contributed by atoms with Crippen molar-refractivity contribution in [1.29, 1.82) is 0 Å². The highest BCUT2D eigenvalue weighted by Crippen LogP contribution is 2.34. The van der Waals surface area contributed by atoms with Crippen LogP contribution in [0, 0.1) is 20.8 Å². The number of pyridine rings is 1. The van der Waals surface area contributed by atoms with Crippen molar-refractivity contribution in [2.24, 2.45) is 0 Å². The SMILES string of the molecule is Cc1cnc(C)c(-c2oc(C(F)(F)F)nc2C)c1. The minimum atomic E-state index is -4.58. The number of hydrogen-bond acceptors (Lipinski definition) is 3. The van der Waals surface area contributed by atoms with E-state index in [1.54, 1.807) is 19.2 Å². The summed E-state index contributed by atoms with van der Waals surface area (Å²) in [5.74, 6) is -1.10. The first-order chi connectivity index (χ1) is 8.29. The lowest BCUT2D eigenvalue weighted by Crippen LogP contribution is -2.04. The summed E-state index contributed by atoms with van der Waals surface area (Å²) in [6, 6.07) is 1.73. The Hall–Kier alpha value is -1.85. The second kappa shape index (κ2) is 4.12. The van der Waals surface area contributed by atoms with Gasteiger partial charge in [-0.25, -0.2) is 4.98 Å². The van der Waals surface area contributed by atoms with E-state index in [0.717, 1.165) is 5.56 Å². The summed E-state index contributed by atoms with van der Waals surface area (Å²) in [6.07, 6.45) is -2.93. The Morgan fingerprint density at radius 1 is 1.11 bits per heavy atom. The van der Waals surface area contributed by atoms with Crippen LogP contribution in [0.25, 0.3) is 11.3 Å². The summed E-state index contributed by atoms with van der Waals surface area (Å²) in [5, 5.41) is 0. The van der Waals surface area contributed by atoms with E-state index >= 15 is 0 Å². The van der Waals surface area contributed by atoms with E-state index in [-0.39, 0.29) is 11.5 Å². The molecule has 0 aliphatic carbocycles. The number of halogens is 3. The van der Waals surface area contributed by atoms with Gasteiger partial charge in [-0.1, -0.05) is 0 Å². The summed E-state index contributed by atoms with van der Waals surface area (Å²) in [5.41, 5.74) is 2.20. The molecule has 2 aromatic heterocycles. The van der Waals surface area contributed by atoms with Crippen molar-refractivity contribution < 1.29 is 17.6 Å². The van der Waals surface area contributed by atoms with Crippen LogP contribution >= 0.6 is 0 Å². The Kier molecular flexibility index (Phi) is 2.88. The van der Waals surface area contributed by atoms with Crippen molar-refractivity contribution in [1.82, 2.24) is 9.97 Å². The molecule has 2 rings (SSSR count). The molecule has 0 saturated carbocycles. The van der Waals surface area contributed by atoms with Gasteiger partial charge in [-0.15, -0.1) is 0 Å². The highest BCUT2D eigenvalue weighted by molar-refractivity contribution is 5.63. The fourth-order valence-corrected chi connectivity index (χ4v) is 1.63. The molecule has 18 heavy (non-hydrogen) atoms. The maximum Gasteiger partial charge on any atom is 0.468 e. The van der Waals surface area contributed by atoms with Crippen LogP contribution in [0.3, 0.4) is 0 Å². The average molecular weight is 256 g/mol. The van der Waals surface area contributed by atoms with E-state index in [1.807, 2.05) is 6.92 Å². The van der Waals surface area contributed by atoms with Gasteiger partial charge < -0.3 is 4.42 Å². The van der Waals surface area contributed by atoms with Crippen molar-refractivity contribution in [3.8, 4) is 11.3 Å². The molecule has 0 aromatic carbocycles. The first-order valence-corrected chi connectivity index (χ1v) is 5.27. The zero-order chi connectivity index (χ0) is 13.5. The average Bonchev–Trinajstić information content (AvgIpc) is 2.64. The summed E-state index contributed by atoms with van der Waals surface area (Å²) >= 11 is 0. The number of nitrogens with zero attached hydrogens (tertiary/aromatic N) is 2. The third kappa shape index (κ3) is 2.23. The lowest BCUT2D eigenvalue weighted by Gasteiger charge is -2.04. The van der Waals surface area contributed by atoms with E-state index in [9.17, 15) is 13.2 Å². The number of rotatable bonds is 1. The fourth-order valence-electron chi connectivity index (χ4n) is 1.63. The standard InChI is InChI=1S/C12H11F3N2O/c1-6-4-9(7(2)16-5-6)10-8(3)17-11(18-10)12(13,14)15/h4-5H,1-3H3. The van der Waals surface area contributed by atoms with Crippen LogP contribution in [0.1, 0.15) is 22.8 Å². The number of oxazole rings is 1. The molecule has 0 spiro atoms. The van der Waals surface area contributed by atoms with Crippen molar-refractivity contribution in [2.75, 3.05) is 0 Å². The van der Waals surface area contributed by atoms with Gasteiger partial charge >= 0.3 is 12.1 Å². The minimum absolute atomic E-state index is 0.121. The van der Waals surface area contributed by atoms with Gasteiger partial charge in [0.1, 0.15) is 0 Å². The largest absolute Gasteiger partial charge is 0.468 e. The molecule has 6 heteroatoms. The summed E-state index contributed by atoms with van der Waals surface area (Å²) < 4.78 is 42.3. The van der Waals surface area contributed by atoms with Crippen molar-refractivity contribution >= 4 is 0 Å². The molecule has 0 aliphatic rings. The smallest absolute Gasteiger partial charge is 0.433 e. The predicted octanol–water partition coefficient (Wildman–Crippen LogP) is 3.68. The molecule has 2 aromatic rings. The number of aromatic nitrogens is 2. The van der Waals surface area contributed by atoms with E-state index in [1.165, 1.54) is 6.92 Å². The molecule has 0 saturated heterocycles. The third-order valence-electron chi connectivity index (χ3n) is 2.51. The van der Waals surface area contributed by atoms with Gasteiger partial charge in [0, 0.05) is 17.5 Å². The second-order valence-electron chi connectivity index (χ2n) is 4.08. The van der Waals surface area contributed by atoms with Gasteiger partial charge in [-0.05, 0) is 32.4 Å². The van der Waals surface area contributed by atoms with E-state index in [4.69, 9.17) is 4.42 Å². The Balaban J connectivity index is 2.58. The number of aryl methyl sites for hydroxylation is 3. The molecule has 0 N–H and O–H groups in total. The molecule has 2 heterocycles. The zero-order valence-electron chi connectivity index (χ0n) is 10.1. The zero-order valence-corrected chi connectivity index (χ0v) is 10.1. The molecule has 0 atom stereocenters. The molecule has 0 amide bonds. The summed E-state index contributed by atoms with van der Waals surface area (Å²) in [4.78, 5) is 7.51. The van der Waals surface area contributed by atoms with E-state index in [0.29, 0.717) is 11.3 Å². The molecular formula is C12H11F3N2O. The van der Waals surface area contributed by atoms with E-state index in [2.05, 4.69) is 9.97 Å². The molecule has 0 unspecified atom stereocenters. The Labute approximate surface area is 102 Å². The fraction of sp³-hybridized carbons (Fsp3) is 0.333. The molecule has 0 fully saturated rings. The first kappa shape index (κ1) is 12.6. The second-order valence-corrected chi connectivity index (χ2v) is 4.08. The van der Waals surface area contributed by atoms with Crippen LogP contribution in [-0.2, 0) is 6.18 Å². The monoisotopic (exact) mass is 256 g/mol. The topological polar surface area (TPSA) is 38.9 Å². The van der Waals surface area contributed by atoms with Crippen LogP contribution in [0.5, 0.6) is 0 Å². The lowest BCUT2D eigenvalue weighted by molar-refractivity contribution is -0.156. The third-order valence-corrected chi connectivity index (χ3v) is 2.51. The van der Waals surface area contributed by atoms with Gasteiger partial charge in [0.15, 0.2) is 5.76 Å². The van der Waals surface area contributed by atoms with Gasteiger partial charge in [-0.2, -0.15) is 13.2 Å². The van der Waals surface area contributed by atoms with Crippen molar-refractivity contribution in [3.05, 3.63) is 35.1 Å². The van der Waals surface area contributed by atoms with Crippen LogP contribution < -0.4 is 0 Å². The highest BCUT2D eigenvalue weighted by Gasteiger charge is 2.38. The van der Waals surface area contributed by atoms with Crippen LogP contribution in [0.15, 0.2) is 16.7 Å². The normalized spacial score (nSPS) is 11.9. The van der Waals surface area contributed by atoms with Crippen LogP contribution in [0.2, 0.25) is 0 Å². The quantitative estimate of drug-likeness (QED) is 0.781. The Morgan fingerprint density at radius 2 is 1.78 bits per heavy atom. The Bertz CT molecular complexity index is 587. The summed E-state index contributed by atoms with van der Waals surface area (Å²) in [7, 11) is 0. The molecular weight excluding hydrogens is 245 g/mol. The van der Waals surface area contributed by atoms with Crippen molar-refractivity contribution in [2.45, 2.75) is 26.9 Å². The minimum Gasteiger partial charge on any atom is -0.433 e. The first-order valence-electron chi connectivity index (χ1n) is 5.27. The lowest BCUT2D eigenvalue weighted by atomic mass is 10.1. The summed E-state index contributed by atoms with van der Waals surface area (Å²) in [6.45, 7) is 5.01. The van der Waals surface area contributed by atoms with Gasteiger partial charge in [0.05, 0.1) is 5.69 Å². The molecule has 0 bridgehead atoms. The van der Waals surface area contributed by atoms with Gasteiger partial charge in [0.25, 0.3) is 0 Å². The molecule has 3 nitrogen and oxygen atoms in total. The maximum atomic E-state index is 12.5. The number of hydrogen-bond donors (Lipinski definition) is 0. The van der Waals surface area contributed by atoms with Gasteiger partial charge in [0.2, 0.25) is 0 Å². The maximum absolute atomic E-state index is 12.5. The number of alkyl halides is 3. The van der Waals surface area contributed by atoms with Crippen LogP contribution in [-0.4, -0.2) is 9.97 Å². The van der Waals surface area contributed by atoms with Crippen LogP contribution in [0.4, 0.5) is 13.2 Å². The highest BCUT2D eigenvalue weighted by atomic mass is 19.4. The van der Waals surface area contributed by atoms with E-state index < -0.39 is 12.1 Å². The Morgan fingerprint density at radius 3 is 2.33 bits per heavy atom. The molecule has 0 aliphatic heterocycles. The van der Waals surface area contributed by atoms with Crippen molar-refractivity contribution in [3.63, 3.8) is 0 Å². The predicted molar refractivity (Wildman–Crippen MR) is 58.9 cm³/mol. The molecule has 0 radical (unpaired) electrons.